The van der Waals surface area contributed by atoms with E-state index in [1.165, 1.54) is 44.9 Å². The summed E-state index contributed by atoms with van der Waals surface area (Å²) in [4.78, 5) is 0. The average Bonchev–Trinajstić information content (AvgIpc) is 2.31. The van der Waals surface area contributed by atoms with Crippen molar-refractivity contribution in [3.63, 3.8) is 0 Å². The minimum Gasteiger partial charge on any atom is -0.376 e. The van der Waals surface area contributed by atoms with E-state index in [0.717, 1.165) is 5.92 Å². The van der Waals surface area contributed by atoms with E-state index in [4.69, 9.17) is 4.74 Å². The molecule has 1 heteroatoms. The Morgan fingerprint density at radius 2 is 1.57 bits per heavy atom. The minimum absolute atomic E-state index is 0.385. The lowest BCUT2D eigenvalue weighted by Crippen LogP contribution is -2.18. The number of ether oxygens (including phenoxy) is 1. The molecular formula is C13H26O. The molecular weight excluding hydrogens is 172 g/mol. The topological polar surface area (TPSA) is 9.23 Å². The standard InChI is InChI=1S/C13H26O/c1-11(2)14-12(3)10-13-8-6-4-5-7-9-13/h11-13H,4-10H2,1-3H3. The van der Waals surface area contributed by atoms with E-state index in [-0.39, 0.29) is 0 Å². The van der Waals surface area contributed by atoms with Crippen LogP contribution >= 0.6 is 0 Å². The molecule has 14 heavy (non-hydrogen) atoms. The molecule has 84 valence electrons. The van der Waals surface area contributed by atoms with E-state index in [1.807, 2.05) is 0 Å². The van der Waals surface area contributed by atoms with Crippen LogP contribution in [-0.2, 0) is 4.74 Å². The van der Waals surface area contributed by atoms with Crippen molar-refractivity contribution in [2.75, 3.05) is 0 Å². The smallest absolute Gasteiger partial charge is 0.0553 e. The SMILES string of the molecule is CC(C)OC(C)CC1CCCCCC1. The van der Waals surface area contributed by atoms with Gasteiger partial charge in [-0.1, -0.05) is 38.5 Å². The summed E-state index contributed by atoms with van der Waals surface area (Å²) in [5.41, 5.74) is 0. The summed E-state index contributed by atoms with van der Waals surface area (Å²) in [6.45, 7) is 6.48. The Morgan fingerprint density at radius 3 is 2.07 bits per heavy atom. The number of hydrogen-bond acceptors (Lipinski definition) is 1. The lowest BCUT2D eigenvalue weighted by atomic mass is 9.94. The normalized spacial score (nSPS) is 22.3. The van der Waals surface area contributed by atoms with Crippen molar-refractivity contribution >= 4 is 0 Å². The maximum absolute atomic E-state index is 5.79. The maximum Gasteiger partial charge on any atom is 0.0553 e. The van der Waals surface area contributed by atoms with Gasteiger partial charge >= 0.3 is 0 Å². The fourth-order valence-corrected chi connectivity index (χ4v) is 2.59. The number of hydrogen-bond donors (Lipinski definition) is 0. The van der Waals surface area contributed by atoms with Crippen molar-refractivity contribution in [3.8, 4) is 0 Å². The van der Waals surface area contributed by atoms with Crippen LogP contribution < -0.4 is 0 Å². The van der Waals surface area contributed by atoms with Gasteiger partial charge in [-0.2, -0.15) is 0 Å². The molecule has 0 aliphatic heterocycles. The molecule has 0 bridgehead atoms. The summed E-state index contributed by atoms with van der Waals surface area (Å²) < 4.78 is 5.79. The third-order valence-corrected chi connectivity index (χ3v) is 3.14. The molecule has 0 heterocycles. The molecule has 0 saturated heterocycles. The first-order chi connectivity index (χ1) is 6.68. The van der Waals surface area contributed by atoms with Crippen molar-refractivity contribution in [1.29, 1.82) is 0 Å². The lowest BCUT2D eigenvalue weighted by Gasteiger charge is -2.21. The summed E-state index contributed by atoms with van der Waals surface area (Å²) in [5.74, 6) is 0.936. The second kappa shape index (κ2) is 6.44. The lowest BCUT2D eigenvalue weighted by molar-refractivity contribution is 0.00432. The molecule has 0 aromatic rings. The van der Waals surface area contributed by atoms with Crippen LogP contribution in [0.5, 0.6) is 0 Å². The van der Waals surface area contributed by atoms with Gasteiger partial charge < -0.3 is 4.74 Å². The maximum atomic E-state index is 5.79. The molecule has 1 unspecified atom stereocenters. The predicted molar refractivity (Wildman–Crippen MR) is 61.5 cm³/mol. The zero-order valence-corrected chi connectivity index (χ0v) is 10.1. The van der Waals surface area contributed by atoms with Crippen molar-refractivity contribution in [2.24, 2.45) is 5.92 Å². The van der Waals surface area contributed by atoms with E-state index in [2.05, 4.69) is 20.8 Å². The molecule has 0 amide bonds. The fourth-order valence-electron chi connectivity index (χ4n) is 2.59. The zero-order chi connectivity index (χ0) is 10.4. The van der Waals surface area contributed by atoms with Crippen molar-refractivity contribution in [2.45, 2.75) is 77.9 Å². The molecule has 0 radical (unpaired) electrons. The predicted octanol–water partition coefficient (Wildman–Crippen LogP) is 4.16. The van der Waals surface area contributed by atoms with Crippen LogP contribution in [0.15, 0.2) is 0 Å². The van der Waals surface area contributed by atoms with Crippen molar-refractivity contribution in [1.82, 2.24) is 0 Å². The van der Waals surface area contributed by atoms with Crippen molar-refractivity contribution in [3.05, 3.63) is 0 Å². The van der Waals surface area contributed by atoms with E-state index >= 15 is 0 Å². The molecule has 1 aliphatic carbocycles. The molecule has 1 rings (SSSR count). The van der Waals surface area contributed by atoms with Gasteiger partial charge in [-0.05, 0) is 33.1 Å². The summed E-state index contributed by atoms with van der Waals surface area (Å²) >= 11 is 0. The first-order valence-corrected chi connectivity index (χ1v) is 6.34. The molecule has 1 saturated carbocycles. The van der Waals surface area contributed by atoms with Crippen LogP contribution in [0.4, 0.5) is 0 Å². The highest BCUT2D eigenvalue weighted by Crippen LogP contribution is 2.27. The number of rotatable bonds is 4. The second-order valence-corrected chi connectivity index (χ2v) is 5.09. The van der Waals surface area contributed by atoms with Gasteiger partial charge in [0, 0.05) is 0 Å². The first kappa shape index (κ1) is 12.0. The highest BCUT2D eigenvalue weighted by atomic mass is 16.5. The monoisotopic (exact) mass is 198 g/mol. The second-order valence-electron chi connectivity index (χ2n) is 5.09. The minimum atomic E-state index is 0.385. The molecule has 1 atom stereocenters. The summed E-state index contributed by atoms with van der Waals surface area (Å²) in [6.07, 6.45) is 10.8. The quantitative estimate of drug-likeness (QED) is 0.616. The molecule has 1 fully saturated rings. The molecule has 1 nitrogen and oxygen atoms in total. The highest BCUT2D eigenvalue weighted by Gasteiger charge is 2.16. The molecule has 1 aliphatic rings. The Kier molecular flexibility index (Phi) is 5.54. The van der Waals surface area contributed by atoms with E-state index in [0.29, 0.717) is 12.2 Å². The summed E-state index contributed by atoms with van der Waals surface area (Å²) in [5, 5.41) is 0. The zero-order valence-electron chi connectivity index (χ0n) is 10.1. The summed E-state index contributed by atoms with van der Waals surface area (Å²) in [7, 11) is 0. The van der Waals surface area contributed by atoms with Crippen LogP contribution in [0, 0.1) is 5.92 Å². The van der Waals surface area contributed by atoms with Gasteiger partial charge in [-0.25, -0.2) is 0 Å². The van der Waals surface area contributed by atoms with Gasteiger partial charge in [0.25, 0.3) is 0 Å². The van der Waals surface area contributed by atoms with E-state index < -0.39 is 0 Å². The van der Waals surface area contributed by atoms with Gasteiger partial charge in [0.15, 0.2) is 0 Å². The largest absolute Gasteiger partial charge is 0.376 e. The Morgan fingerprint density at radius 1 is 1.00 bits per heavy atom. The fraction of sp³-hybridized carbons (Fsp3) is 1.00. The van der Waals surface area contributed by atoms with Crippen LogP contribution in [0.2, 0.25) is 0 Å². The molecule has 0 aromatic carbocycles. The van der Waals surface area contributed by atoms with E-state index in [9.17, 15) is 0 Å². The first-order valence-electron chi connectivity index (χ1n) is 6.34. The third kappa shape index (κ3) is 4.99. The Hall–Kier alpha value is -0.0400. The van der Waals surface area contributed by atoms with Gasteiger partial charge in [0.05, 0.1) is 12.2 Å². The summed E-state index contributed by atoms with van der Waals surface area (Å²) in [6, 6.07) is 0. The van der Waals surface area contributed by atoms with Crippen LogP contribution in [0.3, 0.4) is 0 Å². The Labute approximate surface area is 89.2 Å². The van der Waals surface area contributed by atoms with Gasteiger partial charge in [0.2, 0.25) is 0 Å². The Bertz CT molecular complexity index is 134. The van der Waals surface area contributed by atoms with Gasteiger partial charge in [0.1, 0.15) is 0 Å². The van der Waals surface area contributed by atoms with Crippen LogP contribution in [0.1, 0.15) is 65.7 Å². The van der Waals surface area contributed by atoms with Gasteiger partial charge in [-0.15, -0.1) is 0 Å². The third-order valence-electron chi connectivity index (χ3n) is 3.14. The van der Waals surface area contributed by atoms with Crippen LogP contribution in [-0.4, -0.2) is 12.2 Å². The van der Waals surface area contributed by atoms with Crippen LogP contribution in [0.25, 0.3) is 0 Å². The van der Waals surface area contributed by atoms with E-state index in [1.54, 1.807) is 0 Å². The Balaban J connectivity index is 2.20. The highest BCUT2D eigenvalue weighted by molar-refractivity contribution is 4.68. The van der Waals surface area contributed by atoms with Gasteiger partial charge in [-0.3, -0.25) is 0 Å². The molecule has 0 N–H and O–H groups in total. The van der Waals surface area contributed by atoms with Crippen molar-refractivity contribution < 1.29 is 4.74 Å². The molecule has 0 aromatic heterocycles. The average molecular weight is 198 g/mol. The molecule has 0 spiro atoms.